The third kappa shape index (κ3) is 42.3. The number of benzene rings is 9. The Labute approximate surface area is 711 Å². The summed E-state index contributed by atoms with van der Waals surface area (Å²) < 4.78 is 147. The van der Waals surface area contributed by atoms with Crippen molar-refractivity contribution in [2.45, 2.75) is 141 Å². The minimum Gasteiger partial charge on any atom is -0.497 e. The van der Waals surface area contributed by atoms with Crippen LogP contribution < -0.4 is 9.47 Å². The molecule has 0 radical (unpaired) electrons. The molecule has 9 aromatic carbocycles. The van der Waals surface area contributed by atoms with Crippen LogP contribution in [-0.4, -0.2) is 33.6 Å². The molecule has 7 nitrogen and oxygen atoms in total. The molecular weight excluding hydrogens is 1670 g/mol. The molecule has 13 rings (SSSR count). The average Bonchev–Trinajstić information content (AvgIpc) is 1.49. The van der Waals surface area contributed by atoms with E-state index in [0.29, 0.717) is 37.5 Å². The number of alkyl halides is 11. The number of methoxy groups -OCH3 is 1. The van der Waals surface area contributed by atoms with Gasteiger partial charge in [0.15, 0.2) is 5.82 Å². The lowest BCUT2D eigenvalue weighted by atomic mass is 10.0. The number of halogens is 17. The van der Waals surface area contributed by atoms with E-state index >= 15 is 0 Å². The molecule has 0 N–H and O–H groups in total. The summed E-state index contributed by atoms with van der Waals surface area (Å²) in [4.78, 5) is 13.4. The normalized spacial score (nSPS) is 10.6. The summed E-state index contributed by atoms with van der Waals surface area (Å²) in [6.45, 7) is 30.8. The van der Waals surface area contributed by atoms with Gasteiger partial charge in [-0.3, -0.25) is 0 Å². The van der Waals surface area contributed by atoms with E-state index in [1.165, 1.54) is 86.8 Å². The van der Waals surface area contributed by atoms with Gasteiger partial charge in [-0.1, -0.05) is 238 Å². The van der Waals surface area contributed by atoms with Gasteiger partial charge in [0.25, 0.3) is 11.8 Å². The fourth-order valence-corrected chi connectivity index (χ4v) is 11.4. The molecule has 0 saturated carbocycles. The summed E-state index contributed by atoms with van der Waals surface area (Å²) in [6, 6.07) is 63.8. The van der Waals surface area contributed by atoms with Gasteiger partial charge in [-0.05, 0) is 232 Å². The number of aromatic nitrogens is 4. The average molecular weight is 1760 g/mol. The lowest BCUT2D eigenvalue weighted by Gasteiger charge is -2.10. The van der Waals surface area contributed by atoms with E-state index in [4.69, 9.17) is 78.9 Å². The first-order chi connectivity index (χ1) is 54.1. The zero-order chi connectivity index (χ0) is 87.3. The molecule has 0 aliphatic rings. The Balaban J connectivity index is 0.000000332. The number of thiophene rings is 1. The van der Waals surface area contributed by atoms with Crippen molar-refractivity contribution in [1.82, 2.24) is 20.1 Å². The number of rotatable bonds is 6. The SMILES string of the molecule is COc1cccc(C)c1.Cc1ccc(C(C)C)cc1.Cc1ccc(C(F)(F)F)cc1.Cc1ccc(C)c(C)c1.Cc1ccc(Cl)c(Cl)c1.Cc1ccc(Cl)s1.Cc1ccc(OC(F)(F)F)cc1.Cc1cccc(C(C)(F)F)c1.Cc1cnc(Cl)c(Cl)c1.Cc1csc(-c2ccc(Cl)cc2)n1.Cc1noc(-c2ccc(C(F)(F)F)cc2)n1. The largest absolute Gasteiger partial charge is 0.573 e. The Bertz CT molecular complexity index is 4860. The van der Waals surface area contributed by atoms with Crippen LogP contribution in [0.15, 0.2) is 241 Å². The zero-order valence-electron chi connectivity index (χ0n) is 66.8. The molecule has 0 bridgehead atoms. The van der Waals surface area contributed by atoms with Crippen LogP contribution in [0.3, 0.4) is 0 Å². The van der Waals surface area contributed by atoms with Crippen molar-refractivity contribution in [3.8, 4) is 33.5 Å². The van der Waals surface area contributed by atoms with Crippen LogP contribution in [0.1, 0.15) is 121 Å². The quantitative estimate of drug-likeness (QED) is 0.121. The van der Waals surface area contributed by atoms with E-state index in [1.807, 2.05) is 113 Å². The van der Waals surface area contributed by atoms with Gasteiger partial charge < -0.3 is 14.0 Å². The Morgan fingerprint density at radius 1 is 0.422 bits per heavy atom. The van der Waals surface area contributed by atoms with Gasteiger partial charge in [-0.25, -0.2) is 18.7 Å². The highest BCUT2D eigenvalue weighted by Crippen LogP contribution is 2.33. The van der Waals surface area contributed by atoms with Crippen molar-refractivity contribution in [2.75, 3.05) is 7.11 Å². The Hall–Kier alpha value is -8.83. The maximum atomic E-state index is 12.6. The first-order valence-corrected chi connectivity index (χ1v) is 39.3. The van der Waals surface area contributed by atoms with Gasteiger partial charge >= 0.3 is 18.7 Å². The van der Waals surface area contributed by atoms with Crippen LogP contribution in [0.25, 0.3) is 22.0 Å². The van der Waals surface area contributed by atoms with E-state index in [1.54, 1.807) is 100 Å². The molecule has 4 aromatic heterocycles. The van der Waals surface area contributed by atoms with Crippen LogP contribution in [-0.2, 0) is 18.3 Å². The Kier molecular flexibility index (Phi) is 43.7. The molecule has 0 atom stereocenters. The van der Waals surface area contributed by atoms with E-state index in [-0.39, 0.29) is 17.2 Å². The summed E-state index contributed by atoms with van der Waals surface area (Å²) in [5, 5.41) is 9.52. The standard InChI is InChI=1S/C10H8ClNS.C10H7F3N2O.C10H14.C9H10F2.C9H12.C8H7F3O.C8H7F3.C8H10O.C7H6Cl2.C6H5Cl2N.C5H5ClS/c1-7-6-13-10(12-7)8-2-4-9(11)5-3-8;1-6-14-9(16-15-6)7-2-4-8(5-3-7)10(11,12)13;1-8(2)10-6-4-9(3)5-7-10;1-7-4-3-5-8(6-7)9(2,10)11;1-7-4-5-8(2)9(3)6-7;1-6-2-4-7(5-3-6)12-8(9,10)11;1-6-2-4-7(5-3-6)8(9,10)11;1-7-4-3-5-8(6-7)9-2;1-5-2-3-6(8)7(9)4-5;1-4-2-5(7)6(8)9-3-4;1-4-2-3-5(6)7-4/h2-6H,1H3;2-5H,1H3;4-8H,1-3H3;3-6H,1-2H3;4-6H,1-3H3;2-5H,1H3;2-5H,1H3;3-6H,1-2H3;2-4H,1H3;2-3H,1H3;2-3H,1H3. The van der Waals surface area contributed by atoms with E-state index in [0.717, 1.165) is 90.4 Å². The molecule has 620 valence electrons. The minimum atomic E-state index is -4.60. The number of pyridine rings is 1. The molecule has 26 heteroatoms. The lowest BCUT2D eigenvalue weighted by Crippen LogP contribution is -2.16. The van der Waals surface area contributed by atoms with Gasteiger partial charge in [0, 0.05) is 50.8 Å². The van der Waals surface area contributed by atoms with Crippen LogP contribution in [0.2, 0.25) is 29.6 Å². The van der Waals surface area contributed by atoms with Crippen LogP contribution in [0.5, 0.6) is 11.5 Å². The van der Waals surface area contributed by atoms with Crippen LogP contribution in [0, 0.1) is 90.0 Å². The maximum absolute atomic E-state index is 12.6. The summed E-state index contributed by atoms with van der Waals surface area (Å²) in [5.74, 6) is -0.670. The van der Waals surface area contributed by atoms with Gasteiger partial charge in [-0.2, -0.15) is 31.3 Å². The molecule has 0 aliphatic carbocycles. The van der Waals surface area contributed by atoms with Gasteiger partial charge in [0.2, 0.25) is 0 Å². The number of aryl methyl sites for hydroxylation is 13. The zero-order valence-corrected chi connectivity index (χ0v) is 73.0. The highest BCUT2D eigenvalue weighted by atomic mass is 35.5. The molecule has 13 aromatic rings. The van der Waals surface area contributed by atoms with E-state index < -0.39 is 35.8 Å². The summed E-state index contributed by atoms with van der Waals surface area (Å²) in [5.41, 5.74) is 14.3. The van der Waals surface area contributed by atoms with Crippen LogP contribution >= 0.6 is 92.3 Å². The fourth-order valence-electron chi connectivity index (χ4n) is 8.80. The second-order valence-corrected chi connectivity index (χ2v) is 31.0. The fraction of sp³-hybridized carbons (Fsp3) is 0.244. The topological polar surface area (TPSA) is 83.2 Å². The van der Waals surface area contributed by atoms with E-state index in [9.17, 15) is 48.3 Å². The summed E-state index contributed by atoms with van der Waals surface area (Å²) >= 11 is 37.1. The number of nitrogens with zero attached hydrogens (tertiary/aromatic N) is 4. The molecule has 0 unspecified atom stereocenters. The maximum Gasteiger partial charge on any atom is 0.573 e. The number of hydrogen-bond donors (Lipinski definition) is 0. The molecule has 0 saturated heterocycles. The van der Waals surface area contributed by atoms with Crippen molar-refractivity contribution >= 4 is 92.3 Å². The lowest BCUT2D eigenvalue weighted by molar-refractivity contribution is -0.274. The number of thiazole rings is 1. The first-order valence-electron chi connectivity index (χ1n) is 35.3. The Morgan fingerprint density at radius 2 is 0.905 bits per heavy atom. The van der Waals surface area contributed by atoms with Gasteiger partial charge in [-0.15, -0.1) is 35.8 Å². The van der Waals surface area contributed by atoms with Crippen molar-refractivity contribution in [1.29, 1.82) is 0 Å². The van der Waals surface area contributed by atoms with Crippen molar-refractivity contribution in [3.05, 3.63) is 360 Å². The van der Waals surface area contributed by atoms with Crippen molar-refractivity contribution in [3.63, 3.8) is 0 Å². The highest BCUT2D eigenvalue weighted by molar-refractivity contribution is 7.16. The predicted molar refractivity (Wildman–Crippen MR) is 459 cm³/mol. The summed E-state index contributed by atoms with van der Waals surface area (Å²) in [6.07, 6.45) is -11.5. The molecule has 0 amide bonds. The third-order valence-electron chi connectivity index (χ3n) is 15.2. The molecular formula is C90H91Cl6F11N4O3S2. The smallest absolute Gasteiger partial charge is 0.497 e. The second kappa shape index (κ2) is 50.1. The molecule has 0 spiro atoms. The van der Waals surface area contributed by atoms with Crippen LogP contribution in [0.4, 0.5) is 48.3 Å². The highest BCUT2D eigenvalue weighted by Gasteiger charge is 2.32. The minimum absolute atomic E-state index is 0.0810. The van der Waals surface area contributed by atoms with Gasteiger partial charge in [0.1, 0.15) is 21.7 Å². The molecule has 116 heavy (non-hydrogen) atoms. The molecule has 0 aliphatic heterocycles. The second-order valence-electron chi connectivity index (χ2n) is 26.2. The number of ether oxygens (including phenoxy) is 2. The van der Waals surface area contributed by atoms with Gasteiger partial charge in [0.05, 0.1) is 37.6 Å². The first kappa shape index (κ1) is 101. The third-order valence-corrected chi connectivity index (χ3v) is 19.0. The number of hydrogen-bond acceptors (Lipinski definition) is 9. The molecule has 0 fully saturated rings. The van der Waals surface area contributed by atoms with Crippen molar-refractivity contribution < 1.29 is 62.3 Å². The summed E-state index contributed by atoms with van der Waals surface area (Å²) in [7, 11) is 1.68. The Morgan fingerprint density at radius 3 is 1.28 bits per heavy atom. The molecule has 4 heterocycles. The van der Waals surface area contributed by atoms with Crippen molar-refractivity contribution in [2.24, 2.45) is 0 Å². The predicted octanol–water partition coefficient (Wildman–Crippen LogP) is 32.3. The van der Waals surface area contributed by atoms with E-state index in [2.05, 4.69) is 109 Å². The monoisotopic (exact) mass is 1760 g/mol.